The lowest BCUT2D eigenvalue weighted by Crippen LogP contribution is -2.34. The zero-order chi connectivity index (χ0) is 9.19. The van der Waals surface area contributed by atoms with Gasteiger partial charge in [0.1, 0.15) is 5.69 Å². The Balaban J connectivity index is 2.93. The second kappa shape index (κ2) is 3.25. The molecule has 0 heterocycles. The summed E-state index contributed by atoms with van der Waals surface area (Å²) in [7, 11) is 6.45. The summed E-state index contributed by atoms with van der Waals surface area (Å²) in [5.41, 5.74) is 7.99. The molecule has 1 aromatic carbocycles. The van der Waals surface area contributed by atoms with Crippen LogP contribution in [0.4, 0.5) is 5.69 Å². The van der Waals surface area contributed by atoms with Crippen molar-refractivity contribution in [3.63, 3.8) is 0 Å². The fourth-order valence-corrected chi connectivity index (χ4v) is 1.08. The van der Waals surface area contributed by atoms with Gasteiger partial charge in [-0.05, 0) is 17.7 Å². The molecule has 2 heteroatoms. The van der Waals surface area contributed by atoms with Gasteiger partial charge in [0.05, 0.1) is 21.1 Å². The molecule has 0 aromatic heterocycles. The summed E-state index contributed by atoms with van der Waals surface area (Å²) in [5.74, 6) is 0. The van der Waals surface area contributed by atoms with Crippen LogP contribution in [0.15, 0.2) is 24.3 Å². The third kappa shape index (κ3) is 2.06. The van der Waals surface area contributed by atoms with Crippen molar-refractivity contribution in [2.75, 3.05) is 21.1 Å². The maximum absolute atomic E-state index is 5.50. The number of benzene rings is 1. The average Bonchev–Trinajstić information content (AvgIpc) is 2.03. The average molecular weight is 165 g/mol. The van der Waals surface area contributed by atoms with Gasteiger partial charge in [-0.15, -0.1) is 0 Å². The number of nitrogens with zero attached hydrogens (tertiary/aromatic N) is 1. The van der Waals surface area contributed by atoms with Gasteiger partial charge < -0.3 is 5.73 Å². The largest absolute Gasteiger partial charge is 0.326 e. The fraction of sp³-hybridized carbons (Fsp3) is 0.400. The van der Waals surface area contributed by atoms with E-state index in [1.165, 1.54) is 11.3 Å². The summed E-state index contributed by atoms with van der Waals surface area (Å²) in [6, 6.07) is 8.42. The van der Waals surface area contributed by atoms with E-state index in [2.05, 4.69) is 45.4 Å². The number of rotatable bonds is 2. The maximum atomic E-state index is 5.50. The molecular weight excluding hydrogens is 148 g/mol. The van der Waals surface area contributed by atoms with Crippen molar-refractivity contribution >= 4 is 5.69 Å². The van der Waals surface area contributed by atoms with Crippen LogP contribution in [-0.4, -0.2) is 21.1 Å². The third-order valence-electron chi connectivity index (χ3n) is 1.95. The van der Waals surface area contributed by atoms with E-state index in [4.69, 9.17) is 5.73 Å². The van der Waals surface area contributed by atoms with Gasteiger partial charge in [0.15, 0.2) is 0 Å². The van der Waals surface area contributed by atoms with E-state index in [0.717, 1.165) is 4.48 Å². The van der Waals surface area contributed by atoms with Crippen LogP contribution in [0.5, 0.6) is 0 Å². The summed E-state index contributed by atoms with van der Waals surface area (Å²) in [6.45, 7) is 0.622. The van der Waals surface area contributed by atoms with Crippen LogP contribution >= 0.6 is 0 Å². The zero-order valence-electron chi connectivity index (χ0n) is 8.04. The van der Waals surface area contributed by atoms with Crippen molar-refractivity contribution in [2.45, 2.75) is 6.54 Å². The van der Waals surface area contributed by atoms with E-state index in [0.29, 0.717) is 6.54 Å². The summed E-state index contributed by atoms with van der Waals surface area (Å²) in [6.07, 6.45) is 0. The minimum Gasteiger partial charge on any atom is -0.326 e. The lowest BCUT2D eigenvalue weighted by molar-refractivity contribution is 0.486. The number of nitrogens with two attached hydrogens (primary N) is 1. The van der Waals surface area contributed by atoms with E-state index >= 15 is 0 Å². The fourth-order valence-electron chi connectivity index (χ4n) is 1.08. The van der Waals surface area contributed by atoms with Crippen LogP contribution in [0.3, 0.4) is 0 Å². The number of quaternary nitrogens is 1. The molecule has 0 unspecified atom stereocenters. The van der Waals surface area contributed by atoms with Crippen molar-refractivity contribution in [3.8, 4) is 0 Å². The summed E-state index contributed by atoms with van der Waals surface area (Å²) in [5, 5.41) is 0. The first-order valence-corrected chi connectivity index (χ1v) is 4.15. The van der Waals surface area contributed by atoms with Crippen molar-refractivity contribution in [2.24, 2.45) is 5.73 Å². The summed E-state index contributed by atoms with van der Waals surface area (Å²) >= 11 is 0. The van der Waals surface area contributed by atoms with Crippen LogP contribution in [-0.2, 0) is 6.54 Å². The maximum Gasteiger partial charge on any atom is 0.132 e. The Morgan fingerprint density at radius 2 is 1.58 bits per heavy atom. The molecule has 0 amide bonds. The second-order valence-corrected chi connectivity index (χ2v) is 3.88. The molecule has 0 aliphatic carbocycles. The summed E-state index contributed by atoms with van der Waals surface area (Å²) in [4.78, 5) is 0. The third-order valence-corrected chi connectivity index (χ3v) is 1.95. The topological polar surface area (TPSA) is 26.0 Å². The van der Waals surface area contributed by atoms with Gasteiger partial charge >= 0.3 is 0 Å². The van der Waals surface area contributed by atoms with E-state index in [1.807, 2.05) is 0 Å². The molecular formula is C10H17N2+. The molecule has 12 heavy (non-hydrogen) atoms. The molecule has 1 rings (SSSR count). The normalized spacial score (nSPS) is 11.7. The summed E-state index contributed by atoms with van der Waals surface area (Å²) < 4.78 is 0.852. The highest BCUT2D eigenvalue weighted by atomic mass is 15.3. The Bertz CT molecular complexity index is 244. The van der Waals surface area contributed by atoms with Gasteiger partial charge in [-0.3, -0.25) is 4.48 Å². The monoisotopic (exact) mass is 165 g/mol. The van der Waals surface area contributed by atoms with Gasteiger partial charge in [-0.25, -0.2) is 0 Å². The van der Waals surface area contributed by atoms with Gasteiger partial charge in [0.2, 0.25) is 0 Å². The van der Waals surface area contributed by atoms with Crippen LogP contribution in [0, 0.1) is 0 Å². The molecule has 0 fully saturated rings. The van der Waals surface area contributed by atoms with Crippen LogP contribution in [0.25, 0.3) is 0 Å². The van der Waals surface area contributed by atoms with Gasteiger partial charge in [0.25, 0.3) is 0 Å². The minimum atomic E-state index is 0.622. The molecule has 0 atom stereocenters. The minimum absolute atomic E-state index is 0.622. The Labute approximate surface area is 74.2 Å². The lowest BCUT2D eigenvalue weighted by Gasteiger charge is -2.23. The quantitative estimate of drug-likeness (QED) is 0.658. The Hall–Kier alpha value is -0.860. The van der Waals surface area contributed by atoms with E-state index in [-0.39, 0.29) is 0 Å². The van der Waals surface area contributed by atoms with Gasteiger partial charge in [0, 0.05) is 6.54 Å². The molecule has 0 aliphatic rings. The van der Waals surface area contributed by atoms with Gasteiger partial charge in [-0.1, -0.05) is 12.1 Å². The lowest BCUT2D eigenvalue weighted by atomic mass is 10.2. The SMILES string of the molecule is C[N+](C)(C)c1ccc(CN)cc1. The number of hydrogen-bond acceptors (Lipinski definition) is 1. The predicted molar refractivity (Wildman–Crippen MR) is 53.9 cm³/mol. The van der Waals surface area contributed by atoms with Crippen LogP contribution in [0.2, 0.25) is 0 Å². The first-order valence-electron chi connectivity index (χ1n) is 4.15. The Morgan fingerprint density at radius 1 is 1.08 bits per heavy atom. The van der Waals surface area contributed by atoms with Crippen LogP contribution < -0.4 is 10.2 Å². The van der Waals surface area contributed by atoms with E-state index in [9.17, 15) is 0 Å². The van der Waals surface area contributed by atoms with E-state index in [1.54, 1.807) is 0 Å². The first-order chi connectivity index (χ1) is 5.54. The highest BCUT2D eigenvalue weighted by Gasteiger charge is 2.10. The Kier molecular flexibility index (Phi) is 2.50. The number of hydrogen-bond donors (Lipinski definition) is 1. The predicted octanol–water partition coefficient (Wildman–Crippen LogP) is 1.34. The molecule has 1 aromatic rings. The van der Waals surface area contributed by atoms with Crippen molar-refractivity contribution in [1.82, 2.24) is 4.48 Å². The molecule has 0 radical (unpaired) electrons. The molecule has 0 saturated heterocycles. The molecule has 0 saturated carbocycles. The van der Waals surface area contributed by atoms with E-state index < -0.39 is 0 Å². The smallest absolute Gasteiger partial charge is 0.132 e. The van der Waals surface area contributed by atoms with Crippen LogP contribution in [0.1, 0.15) is 5.56 Å². The highest BCUT2D eigenvalue weighted by Crippen LogP contribution is 2.16. The molecule has 0 bridgehead atoms. The van der Waals surface area contributed by atoms with Crippen molar-refractivity contribution in [3.05, 3.63) is 29.8 Å². The Morgan fingerprint density at radius 3 is 1.92 bits per heavy atom. The molecule has 66 valence electrons. The highest BCUT2D eigenvalue weighted by molar-refractivity contribution is 5.42. The molecule has 0 spiro atoms. The second-order valence-electron chi connectivity index (χ2n) is 3.88. The molecule has 2 nitrogen and oxygen atoms in total. The van der Waals surface area contributed by atoms with Crippen molar-refractivity contribution < 1.29 is 0 Å². The molecule has 2 N–H and O–H groups in total. The standard InChI is InChI=1S/C10H17N2/c1-12(2,3)10-6-4-9(8-11)5-7-10/h4-7H,8,11H2,1-3H3/q+1. The van der Waals surface area contributed by atoms with Gasteiger partial charge in [-0.2, -0.15) is 0 Å². The van der Waals surface area contributed by atoms with Crippen molar-refractivity contribution in [1.29, 1.82) is 0 Å². The first kappa shape index (κ1) is 9.23. The zero-order valence-corrected chi connectivity index (χ0v) is 8.04. The molecule has 0 aliphatic heterocycles.